The fourth-order valence-corrected chi connectivity index (χ4v) is 6.78. The van der Waals surface area contributed by atoms with Crippen molar-refractivity contribution >= 4 is 6.03 Å². The van der Waals surface area contributed by atoms with Gasteiger partial charge in [0.25, 0.3) is 0 Å². The van der Waals surface area contributed by atoms with E-state index in [1.165, 1.54) is 25.7 Å². The van der Waals surface area contributed by atoms with Crippen molar-refractivity contribution in [1.82, 2.24) is 31.3 Å². The van der Waals surface area contributed by atoms with E-state index in [2.05, 4.69) is 52.2 Å². The van der Waals surface area contributed by atoms with E-state index in [-0.39, 0.29) is 24.3 Å². The molecule has 34 heavy (non-hydrogen) atoms. The lowest BCUT2D eigenvalue weighted by atomic mass is 9.73. The molecule has 4 fully saturated rings. The number of hydrazine groups is 1. The van der Waals surface area contributed by atoms with Gasteiger partial charge < -0.3 is 26.0 Å². The second-order valence-electron chi connectivity index (χ2n) is 11.4. The van der Waals surface area contributed by atoms with Crippen molar-refractivity contribution in [3.05, 3.63) is 0 Å². The molecular weight excluding hydrogens is 430 g/mol. The number of amides is 2. The van der Waals surface area contributed by atoms with Gasteiger partial charge >= 0.3 is 6.03 Å². The van der Waals surface area contributed by atoms with Crippen LogP contribution in [0.1, 0.15) is 58.8 Å². The molecule has 2 amide bonds. The molecule has 1 aliphatic carbocycles. The first-order valence-corrected chi connectivity index (χ1v) is 13.8. The van der Waals surface area contributed by atoms with Crippen LogP contribution in [0, 0.1) is 17.8 Å². The smallest absolute Gasteiger partial charge is 0.315 e. The lowest BCUT2D eigenvalue weighted by molar-refractivity contribution is 0.0404. The predicted molar refractivity (Wildman–Crippen MR) is 135 cm³/mol. The molecule has 196 valence electrons. The second kappa shape index (κ2) is 12.3. The highest BCUT2D eigenvalue weighted by molar-refractivity contribution is 5.74. The molecule has 4 aliphatic rings. The van der Waals surface area contributed by atoms with Crippen molar-refractivity contribution in [3.63, 3.8) is 0 Å². The molecule has 6 atom stereocenters. The first-order valence-electron chi connectivity index (χ1n) is 13.8. The molecule has 9 nitrogen and oxygen atoms in total. The number of urea groups is 1. The zero-order valence-electron chi connectivity index (χ0n) is 21.6. The number of nitrogens with two attached hydrogens (primary N) is 1. The Morgan fingerprint density at radius 3 is 2.71 bits per heavy atom. The van der Waals surface area contributed by atoms with Gasteiger partial charge in [-0.2, -0.15) is 0 Å². The molecule has 3 heterocycles. The first-order chi connectivity index (χ1) is 16.4. The third-order valence-electron chi connectivity index (χ3n) is 8.53. The normalized spacial score (nSPS) is 35.5. The topological polar surface area (TPSA) is 107 Å². The van der Waals surface area contributed by atoms with Gasteiger partial charge in [-0.1, -0.05) is 6.42 Å². The highest BCUT2D eigenvalue weighted by atomic mass is 16.5. The van der Waals surface area contributed by atoms with E-state index in [0.29, 0.717) is 23.9 Å². The highest BCUT2D eigenvalue weighted by Gasteiger charge is 2.47. The summed E-state index contributed by atoms with van der Waals surface area (Å²) in [4.78, 5) is 15.4. The molecular formula is C25H49N7O2. The summed E-state index contributed by atoms with van der Waals surface area (Å²) < 4.78 is 5.45. The molecule has 4 rings (SSSR count). The Hall–Kier alpha value is -0.970. The van der Waals surface area contributed by atoms with E-state index in [4.69, 9.17) is 10.5 Å². The number of carbonyl (C=O) groups excluding carboxylic acids is 1. The van der Waals surface area contributed by atoms with Gasteiger partial charge in [0.2, 0.25) is 0 Å². The maximum Gasteiger partial charge on any atom is 0.315 e. The number of nitrogens with zero attached hydrogens (tertiary/aromatic N) is 2. The van der Waals surface area contributed by atoms with E-state index in [1.54, 1.807) is 0 Å². The fourth-order valence-electron chi connectivity index (χ4n) is 6.78. The number of rotatable bonds is 8. The SMILES string of the molecule is CC(C)N1NCC2C(NC(=O)NC3CCOCC3)CC(C3CCCC(CN(C)CCN)C3)NC21. The number of carbonyl (C=O) groups is 1. The maximum absolute atomic E-state index is 13.0. The Kier molecular flexibility index (Phi) is 9.46. The number of hydrogen-bond acceptors (Lipinski definition) is 7. The zero-order valence-corrected chi connectivity index (χ0v) is 21.6. The summed E-state index contributed by atoms with van der Waals surface area (Å²) in [5, 5.41) is 13.0. The van der Waals surface area contributed by atoms with Gasteiger partial charge in [0.05, 0.1) is 6.17 Å². The van der Waals surface area contributed by atoms with Gasteiger partial charge in [0.15, 0.2) is 0 Å². The van der Waals surface area contributed by atoms with Crippen molar-refractivity contribution in [2.75, 3.05) is 46.4 Å². The largest absolute Gasteiger partial charge is 0.381 e. The number of nitrogens with one attached hydrogen (secondary N) is 4. The summed E-state index contributed by atoms with van der Waals surface area (Å²) in [6.45, 7) is 9.69. The average molecular weight is 480 g/mol. The summed E-state index contributed by atoms with van der Waals surface area (Å²) >= 11 is 0. The van der Waals surface area contributed by atoms with Crippen LogP contribution in [0.4, 0.5) is 4.79 Å². The molecule has 6 unspecified atom stereocenters. The van der Waals surface area contributed by atoms with Crippen LogP contribution in [0.15, 0.2) is 0 Å². The van der Waals surface area contributed by atoms with Crippen molar-refractivity contribution in [3.8, 4) is 0 Å². The monoisotopic (exact) mass is 479 g/mol. The van der Waals surface area contributed by atoms with Gasteiger partial charge in [0.1, 0.15) is 0 Å². The lowest BCUT2D eigenvalue weighted by Crippen LogP contribution is -2.64. The minimum Gasteiger partial charge on any atom is -0.381 e. The van der Waals surface area contributed by atoms with Crippen LogP contribution in [0.25, 0.3) is 0 Å². The second-order valence-corrected chi connectivity index (χ2v) is 11.4. The molecule has 0 bridgehead atoms. The summed E-state index contributed by atoms with van der Waals surface area (Å²) in [6.07, 6.45) is 8.23. The number of hydrogen-bond donors (Lipinski definition) is 5. The maximum atomic E-state index is 13.0. The van der Waals surface area contributed by atoms with Crippen molar-refractivity contribution < 1.29 is 9.53 Å². The summed E-state index contributed by atoms with van der Waals surface area (Å²) in [5.41, 5.74) is 9.39. The number of fused-ring (bicyclic) bond motifs is 1. The van der Waals surface area contributed by atoms with E-state index >= 15 is 0 Å². The number of likely N-dealkylation sites (N-methyl/N-ethyl adjacent to an activating group) is 1. The standard InChI is InChI=1S/C25H49N7O2/c1-17(2)32-24-21(15-27-32)23(30-25(33)28-20-7-11-34-12-8-20)14-22(29-24)19-6-4-5-18(13-19)16-31(3)10-9-26/h17-24,27,29H,4-16,26H2,1-3H3,(H2,28,30,33). The van der Waals surface area contributed by atoms with E-state index in [9.17, 15) is 4.79 Å². The number of piperidine rings is 1. The van der Waals surface area contributed by atoms with Crippen LogP contribution < -0.4 is 27.1 Å². The van der Waals surface area contributed by atoms with Crippen LogP contribution in [-0.4, -0.2) is 92.7 Å². The van der Waals surface area contributed by atoms with E-state index in [0.717, 1.165) is 64.6 Å². The molecule has 0 spiro atoms. The molecule has 3 aliphatic heterocycles. The van der Waals surface area contributed by atoms with Gasteiger partial charge in [-0.3, -0.25) is 10.7 Å². The summed E-state index contributed by atoms with van der Waals surface area (Å²) in [6, 6.07) is 1.22. The van der Waals surface area contributed by atoms with E-state index in [1.807, 2.05) is 0 Å². The Bertz CT molecular complexity index is 645. The van der Waals surface area contributed by atoms with Crippen molar-refractivity contribution in [1.29, 1.82) is 0 Å². The third-order valence-corrected chi connectivity index (χ3v) is 8.53. The van der Waals surface area contributed by atoms with Gasteiger partial charge in [-0.15, -0.1) is 0 Å². The zero-order chi connectivity index (χ0) is 24.1. The molecule has 3 saturated heterocycles. The molecule has 9 heteroatoms. The number of ether oxygens (including phenoxy) is 1. The van der Waals surface area contributed by atoms with Crippen LogP contribution in [0.5, 0.6) is 0 Å². The van der Waals surface area contributed by atoms with Gasteiger partial charge in [-0.25, -0.2) is 9.80 Å². The minimum atomic E-state index is -0.00998. The van der Waals surface area contributed by atoms with Crippen LogP contribution in [0.2, 0.25) is 0 Å². The molecule has 0 aromatic heterocycles. The third kappa shape index (κ3) is 6.62. The Balaban J connectivity index is 1.40. The minimum absolute atomic E-state index is 0.00998. The average Bonchev–Trinajstić information content (AvgIpc) is 3.25. The first kappa shape index (κ1) is 26.1. The molecule has 6 N–H and O–H groups in total. The Labute approximate surface area is 206 Å². The van der Waals surface area contributed by atoms with Crippen LogP contribution >= 0.6 is 0 Å². The van der Waals surface area contributed by atoms with Gasteiger partial charge in [-0.05, 0) is 71.3 Å². The fraction of sp³-hybridized carbons (Fsp3) is 0.960. The molecule has 1 saturated carbocycles. The summed E-state index contributed by atoms with van der Waals surface area (Å²) in [7, 11) is 2.20. The molecule has 0 aromatic carbocycles. The van der Waals surface area contributed by atoms with Crippen LogP contribution in [0.3, 0.4) is 0 Å². The van der Waals surface area contributed by atoms with Crippen LogP contribution in [-0.2, 0) is 4.74 Å². The lowest BCUT2D eigenvalue weighted by Gasteiger charge is -2.46. The Morgan fingerprint density at radius 1 is 1.18 bits per heavy atom. The Morgan fingerprint density at radius 2 is 1.97 bits per heavy atom. The van der Waals surface area contributed by atoms with Crippen molar-refractivity contribution in [2.24, 2.45) is 23.5 Å². The quantitative estimate of drug-likeness (QED) is 0.354. The van der Waals surface area contributed by atoms with E-state index < -0.39 is 0 Å². The van der Waals surface area contributed by atoms with Crippen molar-refractivity contribution in [2.45, 2.75) is 89.1 Å². The predicted octanol–water partition coefficient (Wildman–Crippen LogP) is 1.06. The highest BCUT2D eigenvalue weighted by Crippen LogP contribution is 2.37. The summed E-state index contributed by atoms with van der Waals surface area (Å²) in [5.74, 6) is 1.76. The molecule has 0 radical (unpaired) electrons. The molecule has 0 aromatic rings. The van der Waals surface area contributed by atoms with Gasteiger partial charge in [0, 0.05) is 69.5 Å².